The molecule has 0 aliphatic carbocycles. The van der Waals surface area contributed by atoms with Gasteiger partial charge >= 0.3 is 12.2 Å². The minimum Gasteiger partial charge on any atom is -0.333 e. The Balaban J connectivity index is 1.86. The molecule has 0 spiro atoms. The number of hydrogen-bond donors (Lipinski definition) is 3. The van der Waals surface area contributed by atoms with Crippen molar-refractivity contribution in [2.24, 2.45) is 0 Å². The van der Waals surface area contributed by atoms with Crippen molar-refractivity contribution in [3.8, 4) is 0 Å². The number of nitrogens with zero attached hydrogens (tertiary/aromatic N) is 1. The van der Waals surface area contributed by atoms with Crippen LogP contribution >= 0.6 is 11.6 Å². The second kappa shape index (κ2) is 8.52. The van der Waals surface area contributed by atoms with Crippen LogP contribution in [0.15, 0.2) is 12.3 Å². The summed E-state index contributed by atoms with van der Waals surface area (Å²) >= 11 is 6.01. The van der Waals surface area contributed by atoms with E-state index in [4.69, 9.17) is 11.6 Å². The summed E-state index contributed by atoms with van der Waals surface area (Å²) in [5.41, 5.74) is -1.28. The van der Waals surface area contributed by atoms with Gasteiger partial charge in [0.25, 0.3) is 11.7 Å². The average Bonchev–Trinajstić information content (AvgIpc) is 2.52. The number of carbonyl (C=O) groups excluding carboxylic acids is 2. The number of carbonyl (C=O) groups is 2. The van der Waals surface area contributed by atoms with Gasteiger partial charge in [0.1, 0.15) is 37.4 Å². The zero-order valence-corrected chi connectivity index (χ0v) is 16.7. The van der Waals surface area contributed by atoms with Crippen molar-refractivity contribution in [1.29, 1.82) is 0 Å². The number of aromatic nitrogens is 1. The van der Waals surface area contributed by atoms with Crippen molar-refractivity contribution in [2.45, 2.75) is 32.5 Å². The van der Waals surface area contributed by atoms with Crippen molar-refractivity contribution in [2.75, 3.05) is 37.6 Å². The van der Waals surface area contributed by atoms with E-state index in [2.05, 4.69) is 15.6 Å². The lowest BCUT2D eigenvalue weighted by Gasteiger charge is -2.28. The van der Waals surface area contributed by atoms with E-state index in [0.717, 1.165) is 17.2 Å². The molecule has 156 valence electrons. The lowest BCUT2D eigenvalue weighted by molar-refractivity contribution is -0.892. The van der Waals surface area contributed by atoms with Gasteiger partial charge in [-0.1, -0.05) is 11.6 Å². The molecule has 1 aromatic heterocycles. The monoisotopic (exact) mass is 423 g/mol. The number of quaternary nitrogens is 1. The van der Waals surface area contributed by atoms with Crippen molar-refractivity contribution < 1.29 is 32.6 Å². The smallest absolute Gasteiger partial charge is 0.333 e. The largest absolute Gasteiger partial charge is 0.419 e. The van der Waals surface area contributed by atoms with Crippen LogP contribution in [0.25, 0.3) is 0 Å². The number of imide groups is 1. The van der Waals surface area contributed by atoms with E-state index in [1.165, 1.54) is 0 Å². The summed E-state index contributed by atoms with van der Waals surface area (Å²) < 4.78 is 38.2. The number of amides is 3. The number of halogens is 4. The molecule has 28 heavy (non-hydrogen) atoms. The standard InChI is InChI=1S/C17H23ClF3N5O2/c1-16(2,3)24-15(28)23-13(27)10-25-4-6-26(7-5-25)14-12(18)8-11(9-22-14)17(19,20)21/h8-9H,4-7,10H2,1-3H3,(H2,23,24,27,28)/p+2. The van der Waals surface area contributed by atoms with E-state index in [1.54, 1.807) is 0 Å². The number of nitrogens with one attached hydrogen (secondary N) is 4. The second-order valence-electron chi connectivity index (χ2n) is 7.75. The van der Waals surface area contributed by atoms with Gasteiger partial charge in [-0.15, -0.1) is 0 Å². The van der Waals surface area contributed by atoms with Crippen LogP contribution in [-0.2, 0) is 11.0 Å². The summed E-state index contributed by atoms with van der Waals surface area (Å²) in [5, 5.41) is 4.94. The third kappa shape index (κ3) is 6.52. The van der Waals surface area contributed by atoms with Gasteiger partial charge < -0.3 is 10.2 Å². The average molecular weight is 424 g/mol. The Kier molecular flexibility index (Phi) is 6.76. The Bertz CT molecular complexity index is 728. The van der Waals surface area contributed by atoms with E-state index in [1.807, 2.05) is 25.7 Å². The first-order chi connectivity index (χ1) is 12.8. The summed E-state index contributed by atoms with van der Waals surface area (Å²) in [5.74, 6) is 0.0343. The molecule has 0 atom stereocenters. The van der Waals surface area contributed by atoms with Gasteiger partial charge in [0.2, 0.25) is 0 Å². The molecule has 3 amide bonds. The van der Waals surface area contributed by atoms with Crippen LogP contribution in [0, 0.1) is 0 Å². The Hall–Kier alpha value is -2.07. The number of piperazine rings is 1. The fourth-order valence-electron chi connectivity index (χ4n) is 2.86. The van der Waals surface area contributed by atoms with E-state index < -0.39 is 23.3 Å². The van der Waals surface area contributed by atoms with Crippen molar-refractivity contribution >= 4 is 29.4 Å². The highest BCUT2D eigenvalue weighted by Gasteiger charge is 2.35. The molecule has 2 rings (SSSR count). The highest BCUT2D eigenvalue weighted by molar-refractivity contribution is 6.32. The Morgan fingerprint density at radius 3 is 2.36 bits per heavy atom. The Morgan fingerprint density at radius 2 is 1.86 bits per heavy atom. The number of hydrogen-bond acceptors (Lipinski definition) is 3. The molecule has 0 bridgehead atoms. The molecular formula is C17H25ClF3N5O2+2. The van der Waals surface area contributed by atoms with Gasteiger partial charge in [0.15, 0.2) is 6.54 Å². The molecule has 0 unspecified atom stereocenters. The maximum Gasteiger partial charge on any atom is 0.419 e. The molecule has 7 nitrogen and oxygen atoms in total. The van der Waals surface area contributed by atoms with E-state index in [0.29, 0.717) is 32.0 Å². The number of alkyl halides is 3. The third-order valence-electron chi connectivity index (χ3n) is 4.14. The van der Waals surface area contributed by atoms with Gasteiger partial charge in [-0.3, -0.25) is 10.1 Å². The molecule has 1 aliphatic rings. The first kappa shape index (κ1) is 22.2. The second-order valence-corrected chi connectivity index (χ2v) is 8.16. The minimum absolute atomic E-state index is 0.00475. The quantitative estimate of drug-likeness (QED) is 0.662. The zero-order valence-electron chi connectivity index (χ0n) is 16.0. The van der Waals surface area contributed by atoms with Crippen LogP contribution in [0.5, 0.6) is 0 Å². The molecule has 0 saturated carbocycles. The van der Waals surface area contributed by atoms with Gasteiger partial charge in [-0.05, 0) is 26.8 Å². The van der Waals surface area contributed by atoms with Crippen molar-refractivity contribution in [3.05, 3.63) is 22.8 Å². The van der Waals surface area contributed by atoms with Gasteiger partial charge in [0.05, 0.1) is 5.56 Å². The van der Waals surface area contributed by atoms with Crippen LogP contribution in [-0.4, -0.2) is 50.2 Å². The maximum absolute atomic E-state index is 12.7. The van der Waals surface area contributed by atoms with Crippen LogP contribution < -0.4 is 25.4 Å². The minimum atomic E-state index is -4.46. The molecule has 11 heteroatoms. The fourth-order valence-corrected chi connectivity index (χ4v) is 3.15. The fraction of sp³-hybridized carbons (Fsp3) is 0.588. The lowest BCUT2D eigenvalue weighted by atomic mass is 10.1. The van der Waals surface area contributed by atoms with Gasteiger partial charge in [0, 0.05) is 5.54 Å². The SMILES string of the molecule is CC(C)(C)NC(=O)NC(=O)C[NH+]1CCN(c2[nH+]cc(C(F)(F)F)cc2Cl)CC1. The maximum atomic E-state index is 12.7. The van der Waals surface area contributed by atoms with Gasteiger partial charge in [-0.2, -0.15) is 13.2 Å². The summed E-state index contributed by atoms with van der Waals surface area (Å²) in [7, 11) is 0. The Morgan fingerprint density at radius 1 is 1.25 bits per heavy atom. The van der Waals surface area contributed by atoms with Crippen LogP contribution in [0.4, 0.5) is 23.8 Å². The van der Waals surface area contributed by atoms with Crippen molar-refractivity contribution in [1.82, 2.24) is 10.6 Å². The summed E-state index contributed by atoms with van der Waals surface area (Å²) in [4.78, 5) is 29.2. The van der Waals surface area contributed by atoms with Crippen LogP contribution in [0.2, 0.25) is 5.02 Å². The molecule has 0 aromatic carbocycles. The normalized spacial score (nSPS) is 16.0. The van der Waals surface area contributed by atoms with E-state index >= 15 is 0 Å². The Labute approximate surface area is 166 Å². The zero-order chi connectivity index (χ0) is 21.1. The number of rotatable bonds is 3. The first-order valence-electron chi connectivity index (χ1n) is 8.84. The van der Waals surface area contributed by atoms with Crippen LogP contribution in [0.3, 0.4) is 0 Å². The molecule has 2 heterocycles. The molecule has 4 N–H and O–H groups in total. The van der Waals surface area contributed by atoms with E-state index in [9.17, 15) is 22.8 Å². The number of anilines is 1. The van der Waals surface area contributed by atoms with Crippen molar-refractivity contribution in [3.63, 3.8) is 0 Å². The number of pyridine rings is 1. The first-order valence-corrected chi connectivity index (χ1v) is 9.22. The summed E-state index contributed by atoms with van der Waals surface area (Å²) in [6.45, 7) is 7.76. The molecule has 1 aliphatic heterocycles. The summed E-state index contributed by atoms with van der Waals surface area (Å²) in [6, 6.07) is 0.357. The van der Waals surface area contributed by atoms with E-state index in [-0.39, 0.29) is 17.5 Å². The molecule has 0 radical (unpaired) electrons. The number of urea groups is 1. The molecule has 1 saturated heterocycles. The van der Waals surface area contributed by atoms with Gasteiger partial charge in [-0.25, -0.2) is 14.7 Å². The highest BCUT2D eigenvalue weighted by Crippen LogP contribution is 2.31. The molecule has 1 aromatic rings. The number of H-pyrrole nitrogens is 1. The summed E-state index contributed by atoms with van der Waals surface area (Å²) in [6.07, 6.45) is -3.57. The number of aromatic amines is 1. The third-order valence-corrected chi connectivity index (χ3v) is 4.43. The lowest BCUT2D eigenvalue weighted by Crippen LogP contribution is -3.16. The highest BCUT2D eigenvalue weighted by atomic mass is 35.5. The predicted octanol–water partition coefficient (Wildman–Crippen LogP) is 0.502. The van der Waals surface area contributed by atoms with Crippen LogP contribution in [0.1, 0.15) is 26.3 Å². The molecular weight excluding hydrogens is 399 g/mol. The predicted molar refractivity (Wildman–Crippen MR) is 97.2 cm³/mol. The molecule has 1 fully saturated rings. The topological polar surface area (TPSA) is 80.0 Å².